The summed E-state index contributed by atoms with van der Waals surface area (Å²) < 4.78 is 10.4. The van der Waals surface area contributed by atoms with Crippen LogP contribution in [0.25, 0.3) is 0 Å². The Bertz CT molecular complexity index is 607. The van der Waals surface area contributed by atoms with Gasteiger partial charge in [0.25, 0.3) is 0 Å². The smallest absolute Gasteiger partial charge is 0.318 e. The highest BCUT2D eigenvalue weighted by Gasteiger charge is 2.17. The van der Waals surface area contributed by atoms with Gasteiger partial charge in [0.1, 0.15) is 11.0 Å². The lowest BCUT2D eigenvalue weighted by molar-refractivity contribution is -0.142. The van der Waals surface area contributed by atoms with Gasteiger partial charge >= 0.3 is 5.97 Å². The topological polar surface area (TPSA) is 64.6 Å². The van der Waals surface area contributed by atoms with Crippen molar-refractivity contribution >= 4 is 40.9 Å². The SMILES string of the molecule is COc1cc(Cl)c(C)cc1NC(=O)CSC(C)C(=O)OCCC(C)C. The van der Waals surface area contributed by atoms with Crippen molar-refractivity contribution in [3.8, 4) is 5.75 Å². The number of nitrogens with one attached hydrogen (secondary N) is 1. The molecule has 140 valence electrons. The van der Waals surface area contributed by atoms with Crippen LogP contribution >= 0.6 is 23.4 Å². The number of hydrogen-bond acceptors (Lipinski definition) is 5. The molecule has 1 unspecified atom stereocenters. The molecular formula is C18H26ClNO4S. The molecule has 25 heavy (non-hydrogen) atoms. The minimum Gasteiger partial charge on any atom is -0.495 e. The molecule has 0 aliphatic rings. The van der Waals surface area contributed by atoms with Crippen LogP contribution in [0.5, 0.6) is 5.75 Å². The maximum absolute atomic E-state index is 12.1. The second-order valence-corrected chi connectivity index (χ2v) is 7.89. The average molecular weight is 388 g/mol. The van der Waals surface area contributed by atoms with Crippen LogP contribution in [0.4, 0.5) is 5.69 Å². The van der Waals surface area contributed by atoms with Crippen LogP contribution in [-0.2, 0) is 14.3 Å². The molecule has 0 bridgehead atoms. The molecule has 0 saturated heterocycles. The molecule has 1 aromatic carbocycles. The third-order valence-corrected chi connectivity index (χ3v) is 5.02. The van der Waals surface area contributed by atoms with Crippen LogP contribution in [0.1, 0.15) is 32.8 Å². The third-order valence-electron chi connectivity index (χ3n) is 3.49. The molecule has 0 radical (unpaired) electrons. The van der Waals surface area contributed by atoms with Gasteiger partial charge in [-0.3, -0.25) is 9.59 Å². The van der Waals surface area contributed by atoms with E-state index >= 15 is 0 Å². The summed E-state index contributed by atoms with van der Waals surface area (Å²) in [5, 5.41) is 2.96. The number of carbonyl (C=O) groups is 2. The number of carbonyl (C=O) groups excluding carboxylic acids is 2. The molecule has 7 heteroatoms. The minimum absolute atomic E-state index is 0.144. The van der Waals surface area contributed by atoms with Gasteiger partial charge in [0.05, 0.1) is 25.2 Å². The highest BCUT2D eigenvalue weighted by molar-refractivity contribution is 8.01. The molecule has 1 rings (SSSR count). The maximum atomic E-state index is 12.1. The summed E-state index contributed by atoms with van der Waals surface area (Å²) >= 11 is 7.29. The van der Waals surface area contributed by atoms with E-state index in [1.165, 1.54) is 18.9 Å². The highest BCUT2D eigenvalue weighted by atomic mass is 35.5. The molecule has 0 aromatic heterocycles. The van der Waals surface area contributed by atoms with Gasteiger partial charge in [0.2, 0.25) is 5.91 Å². The Kier molecular flexibility index (Phi) is 9.14. The van der Waals surface area contributed by atoms with Gasteiger partial charge < -0.3 is 14.8 Å². The molecule has 0 aliphatic carbocycles. The number of rotatable bonds is 9. The largest absolute Gasteiger partial charge is 0.495 e. The lowest BCUT2D eigenvalue weighted by Gasteiger charge is -2.14. The fourth-order valence-electron chi connectivity index (χ4n) is 1.90. The van der Waals surface area contributed by atoms with E-state index in [2.05, 4.69) is 19.2 Å². The fraction of sp³-hybridized carbons (Fsp3) is 0.556. The van der Waals surface area contributed by atoms with E-state index in [1.807, 2.05) is 6.92 Å². The quantitative estimate of drug-likeness (QED) is 0.639. The Morgan fingerprint density at radius 3 is 2.56 bits per heavy atom. The zero-order valence-electron chi connectivity index (χ0n) is 15.3. The summed E-state index contributed by atoms with van der Waals surface area (Å²) in [6, 6.07) is 3.42. The van der Waals surface area contributed by atoms with Crippen LogP contribution in [0, 0.1) is 12.8 Å². The van der Waals surface area contributed by atoms with Crippen LogP contribution in [0.2, 0.25) is 5.02 Å². The molecule has 0 saturated carbocycles. The predicted molar refractivity (Wildman–Crippen MR) is 104 cm³/mol. The molecule has 1 N–H and O–H groups in total. The number of hydrogen-bond donors (Lipinski definition) is 1. The Morgan fingerprint density at radius 2 is 1.96 bits per heavy atom. The second-order valence-electron chi connectivity index (χ2n) is 6.15. The van der Waals surface area contributed by atoms with Gasteiger partial charge in [-0.1, -0.05) is 25.4 Å². The van der Waals surface area contributed by atoms with Crippen molar-refractivity contribution in [1.29, 1.82) is 0 Å². The standard InChI is InChI=1S/C18H26ClNO4S/c1-11(2)6-7-24-18(22)13(4)25-10-17(21)20-15-8-12(3)14(19)9-16(15)23-5/h8-9,11,13H,6-7,10H2,1-5H3,(H,20,21). The van der Waals surface area contributed by atoms with Gasteiger partial charge in [0, 0.05) is 11.1 Å². The van der Waals surface area contributed by atoms with Crippen molar-refractivity contribution < 1.29 is 19.1 Å². The molecular weight excluding hydrogens is 362 g/mol. The third kappa shape index (κ3) is 7.57. The first-order valence-corrected chi connectivity index (χ1v) is 9.59. The molecule has 0 fully saturated rings. The first-order chi connectivity index (χ1) is 11.7. The molecule has 1 aromatic rings. The summed E-state index contributed by atoms with van der Waals surface area (Å²) in [7, 11) is 1.51. The Labute approximate surface area is 158 Å². The highest BCUT2D eigenvalue weighted by Crippen LogP contribution is 2.31. The maximum Gasteiger partial charge on any atom is 0.318 e. The lowest BCUT2D eigenvalue weighted by Crippen LogP contribution is -2.22. The van der Waals surface area contributed by atoms with Crippen molar-refractivity contribution in [2.45, 2.75) is 39.4 Å². The van der Waals surface area contributed by atoms with E-state index in [-0.39, 0.29) is 17.6 Å². The first-order valence-electron chi connectivity index (χ1n) is 8.16. The Hall–Kier alpha value is -1.40. The van der Waals surface area contributed by atoms with Crippen LogP contribution in [0.15, 0.2) is 12.1 Å². The van der Waals surface area contributed by atoms with Gasteiger partial charge in [-0.05, 0) is 37.8 Å². The van der Waals surface area contributed by atoms with Crippen molar-refractivity contribution in [3.63, 3.8) is 0 Å². The van der Waals surface area contributed by atoms with Gasteiger partial charge in [-0.25, -0.2) is 0 Å². The van der Waals surface area contributed by atoms with Crippen molar-refractivity contribution in [2.24, 2.45) is 5.92 Å². The van der Waals surface area contributed by atoms with Crippen LogP contribution < -0.4 is 10.1 Å². The Morgan fingerprint density at radius 1 is 1.28 bits per heavy atom. The number of esters is 1. The number of halogens is 1. The van der Waals surface area contributed by atoms with E-state index in [0.29, 0.717) is 29.0 Å². The van der Waals surface area contributed by atoms with E-state index in [9.17, 15) is 9.59 Å². The fourth-order valence-corrected chi connectivity index (χ4v) is 2.73. The Balaban J connectivity index is 2.49. The summed E-state index contributed by atoms with van der Waals surface area (Å²) in [6.45, 7) is 8.14. The van der Waals surface area contributed by atoms with Crippen LogP contribution in [0.3, 0.4) is 0 Å². The van der Waals surface area contributed by atoms with Crippen molar-refractivity contribution in [2.75, 3.05) is 24.8 Å². The van der Waals surface area contributed by atoms with Crippen molar-refractivity contribution in [3.05, 3.63) is 22.7 Å². The molecule has 5 nitrogen and oxygen atoms in total. The predicted octanol–water partition coefficient (Wildman–Crippen LogP) is 4.31. The summed E-state index contributed by atoms with van der Waals surface area (Å²) in [5.74, 6) is 0.616. The van der Waals surface area contributed by atoms with E-state index in [0.717, 1.165) is 12.0 Å². The number of amides is 1. The number of thioether (sulfide) groups is 1. The lowest BCUT2D eigenvalue weighted by atomic mass is 10.1. The molecule has 0 heterocycles. The zero-order valence-corrected chi connectivity index (χ0v) is 16.9. The summed E-state index contributed by atoms with van der Waals surface area (Å²) in [6.07, 6.45) is 0.833. The van der Waals surface area contributed by atoms with Gasteiger partial charge in [0.15, 0.2) is 0 Å². The minimum atomic E-state index is -0.397. The second kappa shape index (κ2) is 10.6. The number of aryl methyl sites for hydroxylation is 1. The number of methoxy groups -OCH3 is 1. The zero-order chi connectivity index (χ0) is 19.0. The van der Waals surface area contributed by atoms with Gasteiger partial charge in [-0.15, -0.1) is 11.8 Å². The van der Waals surface area contributed by atoms with E-state index in [1.54, 1.807) is 19.1 Å². The van der Waals surface area contributed by atoms with Crippen molar-refractivity contribution in [1.82, 2.24) is 0 Å². The molecule has 1 amide bonds. The first kappa shape index (κ1) is 21.6. The summed E-state index contributed by atoms with van der Waals surface area (Å²) in [4.78, 5) is 24.0. The van der Waals surface area contributed by atoms with Gasteiger partial charge in [-0.2, -0.15) is 0 Å². The number of benzene rings is 1. The number of anilines is 1. The monoisotopic (exact) mass is 387 g/mol. The number of ether oxygens (including phenoxy) is 2. The molecule has 1 atom stereocenters. The van der Waals surface area contributed by atoms with E-state index in [4.69, 9.17) is 21.1 Å². The normalized spacial score (nSPS) is 12.0. The van der Waals surface area contributed by atoms with Crippen LogP contribution in [-0.4, -0.2) is 36.6 Å². The average Bonchev–Trinajstić information content (AvgIpc) is 2.55. The summed E-state index contributed by atoms with van der Waals surface area (Å²) in [5.41, 5.74) is 1.40. The molecule has 0 spiro atoms. The van der Waals surface area contributed by atoms with E-state index < -0.39 is 5.25 Å². The molecule has 0 aliphatic heterocycles.